The number of carbonyl (C=O) groups excluding carboxylic acids is 1. The Balaban J connectivity index is 1.31. The summed E-state index contributed by atoms with van der Waals surface area (Å²) in [5, 5.41) is 16.0. The van der Waals surface area contributed by atoms with E-state index in [0.717, 1.165) is 33.7 Å². The highest BCUT2D eigenvalue weighted by Crippen LogP contribution is 2.27. The molecule has 172 valence electrons. The molecular weight excluding hydrogens is 454 g/mol. The minimum atomic E-state index is -0.209. The van der Waals surface area contributed by atoms with Crippen LogP contribution in [0.1, 0.15) is 12.5 Å². The molecule has 0 fully saturated rings. The van der Waals surface area contributed by atoms with Gasteiger partial charge in [0, 0.05) is 11.3 Å². The number of carbonyl (C=O) groups is 1. The summed E-state index contributed by atoms with van der Waals surface area (Å²) in [6, 6.07) is 34.1. The predicted molar refractivity (Wildman–Crippen MR) is 142 cm³/mol. The van der Waals surface area contributed by atoms with E-state index >= 15 is 0 Å². The molecule has 0 unspecified atom stereocenters. The summed E-state index contributed by atoms with van der Waals surface area (Å²) in [4.78, 5) is 12.6. The van der Waals surface area contributed by atoms with Crippen molar-refractivity contribution in [3.8, 4) is 17.1 Å². The van der Waals surface area contributed by atoms with Gasteiger partial charge in [0.15, 0.2) is 11.0 Å². The van der Waals surface area contributed by atoms with Gasteiger partial charge in [0.25, 0.3) is 5.91 Å². The standard InChI is InChI=1S/C28H23N5OS/c1-20(23-17-16-21-10-8-9-13-24(21)18-23)29-30-26(34)19-35-28-32-31-27(22-11-4-2-5-12-22)33(28)25-14-6-3-7-15-25/h2-18H,19H2,1H3,(H,30,34)/b29-20-. The zero-order valence-electron chi connectivity index (χ0n) is 19.1. The second-order valence-electron chi connectivity index (χ2n) is 7.93. The average molecular weight is 478 g/mol. The van der Waals surface area contributed by atoms with E-state index in [4.69, 9.17) is 0 Å². The topological polar surface area (TPSA) is 72.2 Å². The maximum atomic E-state index is 12.6. The number of rotatable bonds is 7. The zero-order chi connectivity index (χ0) is 24.0. The van der Waals surface area contributed by atoms with Crippen LogP contribution in [0, 0.1) is 0 Å². The number of hydrazone groups is 1. The molecule has 0 aliphatic carbocycles. The molecule has 0 aliphatic rings. The molecule has 6 nitrogen and oxygen atoms in total. The molecule has 0 bridgehead atoms. The van der Waals surface area contributed by atoms with Crippen LogP contribution in [0.25, 0.3) is 27.8 Å². The molecule has 0 atom stereocenters. The lowest BCUT2D eigenvalue weighted by Crippen LogP contribution is -2.21. The van der Waals surface area contributed by atoms with Crippen molar-refractivity contribution >= 4 is 34.2 Å². The summed E-state index contributed by atoms with van der Waals surface area (Å²) in [7, 11) is 0. The molecule has 1 aromatic heterocycles. The van der Waals surface area contributed by atoms with Gasteiger partial charge in [-0.2, -0.15) is 5.10 Å². The minimum Gasteiger partial charge on any atom is -0.272 e. The minimum absolute atomic E-state index is 0.161. The molecular formula is C28H23N5OS. The highest BCUT2D eigenvalue weighted by Gasteiger charge is 2.17. The number of benzene rings is 4. The third kappa shape index (κ3) is 5.15. The lowest BCUT2D eigenvalue weighted by molar-refractivity contribution is -0.118. The van der Waals surface area contributed by atoms with Crippen LogP contribution in [0.5, 0.6) is 0 Å². The van der Waals surface area contributed by atoms with E-state index < -0.39 is 0 Å². The first-order valence-corrected chi connectivity index (χ1v) is 12.2. The lowest BCUT2D eigenvalue weighted by Gasteiger charge is -2.10. The second-order valence-corrected chi connectivity index (χ2v) is 8.87. The van der Waals surface area contributed by atoms with Crippen LogP contribution in [-0.2, 0) is 4.79 Å². The van der Waals surface area contributed by atoms with Crippen LogP contribution in [-0.4, -0.2) is 32.1 Å². The number of amides is 1. The first kappa shape index (κ1) is 22.6. The van der Waals surface area contributed by atoms with Crippen LogP contribution in [0.2, 0.25) is 0 Å². The maximum absolute atomic E-state index is 12.6. The Labute approximate surface area is 207 Å². The van der Waals surface area contributed by atoms with E-state index in [0.29, 0.717) is 5.16 Å². The van der Waals surface area contributed by atoms with Gasteiger partial charge in [-0.3, -0.25) is 9.36 Å². The molecule has 4 aromatic carbocycles. The highest BCUT2D eigenvalue weighted by molar-refractivity contribution is 7.99. The molecule has 0 saturated heterocycles. The molecule has 7 heteroatoms. The fourth-order valence-electron chi connectivity index (χ4n) is 3.73. The van der Waals surface area contributed by atoms with Crippen molar-refractivity contribution in [3.05, 3.63) is 109 Å². The Bertz CT molecular complexity index is 1500. The number of nitrogens with one attached hydrogen (secondary N) is 1. The van der Waals surface area contributed by atoms with E-state index in [2.05, 4.69) is 45.0 Å². The monoisotopic (exact) mass is 477 g/mol. The third-order valence-corrected chi connectivity index (χ3v) is 6.46. The number of hydrogen-bond acceptors (Lipinski definition) is 5. The Kier molecular flexibility index (Phi) is 6.68. The van der Waals surface area contributed by atoms with Gasteiger partial charge in [-0.25, -0.2) is 5.43 Å². The number of hydrogen-bond donors (Lipinski definition) is 1. The largest absolute Gasteiger partial charge is 0.272 e. The molecule has 35 heavy (non-hydrogen) atoms. The van der Waals surface area contributed by atoms with E-state index in [1.807, 2.05) is 90.4 Å². The zero-order valence-corrected chi connectivity index (χ0v) is 19.9. The molecule has 1 amide bonds. The number of fused-ring (bicyclic) bond motifs is 1. The summed E-state index contributed by atoms with van der Waals surface area (Å²) in [6.07, 6.45) is 0. The first-order chi connectivity index (χ1) is 17.2. The fraction of sp³-hybridized carbons (Fsp3) is 0.0714. The van der Waals surface area contributed by atoms with Gasteiger partial charge in [0.05, 0.1) is 11.5 Å². The van der Waals surface area contributed by atoms with Crippen molar-refractivity contribution in [1.29, 1.82) is 0 Å². The van der Waals surface area contributed by atoms with Crippen molar-refractivity contribution in [1.82, 2.24) is 20.2 Å². The number of para-hydroxylation sites is 1. The van der Waals surface area contributed by atoms with Crippen LogP contribution in [0.15, 0.2) is 113 Å². The van der Waals surface area contributed by atoms with Gasteiger partial charge >= 0.3 is 0 Å². The quantitative estimate of drug-likeness (QED) is 0.185. The van der Waals surface area contributed by atoms with Gasteiger partial charge in [-0.05, 0) is 41.5 Å². The summed E-state index contributed by atoms with van der Waals surface area (Å²) >= 11 is 1.32. The molecule has 0 saturated carbocycles. The van der Waals surface area contributed by atoms with E-state index in [1.54, 1.807) is 0 Å². The summed E-state index contributed by atoms with van der Waals surface area (Å²) in [5.41, 5.74) is 6.27. The van der Waals surface area contributed by atoms with E-state index in [-0.39, 0.29) is 11.7 Å². The molecule has 1 N–H and O–H groups in total. The predicted octanol–water partition coefficient (Wildman–Crippen LogP) is 5.72. The SMILES string of the molecule is C/C(=N/NC(=O)CSc1nnc(-c2ccccc2)n1-c1ccccc1)c1ccc2ccccc2c1. The van der Waals surface area contributed by atoms with Gasteiger partial charge in [0.1, 0.15) is 0 Å². The van der Waals surface area contributed by atoms with Crippen LogP contribution >= 0.6 is 11.8 Å². The molecule has 5 rings (SSSR count). The van der Waals surface area contributed by atoms with Crippen molar-refractivity contribution in [2.24, 2.45) is 5.10 Å². The summed E-state index contributed by atoms with van der Waals surface area (Å²) in [5.74, 6) is 0.678. The average Bonchev–Trinajstić information content (AvgIpc) is 3.35. The number of nitrogens with zero attached hydrogens (tertiary/aromatic N) is 4. The second kappa shape index (κ2) is 10.4. The van der Waals surface area contributed by atoms with Crippen LogP contribution in [0.4, 0.5) is 0 Å². The Hall–Kier alpha value is -4.23. The number of thioether (sulfide) groups is 1. The molecule has 0 radical (unpaired) electrons. The van der Waals surface area contributed by atoms with Crippen LogP contribution < -0.4 is 5.43 Å². The molecule has 1 heterocycles. The first-order valence-electron chi connectivity index (χ1n) is 11.2. The van der Waals surface area contributed by atoms with Crippen molar-refractivity contribution in [3.63, 3.8) is 0 Å². The Morgan fingerprint density at radius 3 is 2.31 bits per heavy atom. The van der Waals surface area contributed by atoms with E-state index in [1.165, 1.54) is 17.1 Å². The maximum Gasteiger partial charge on any atom is 0.250 e. The van der Waals surface area contributed by atoms with Gasteiger partial charge in [0.2, 0.25) is 0 Å². The fourth-order valence-corrected chi connectivity index (χ4v) is 4.48. The van der Waals surface area contributed by atoms with Gasteiger partial charge in [-0.15, -0.1) is 10.2 Å². The lowest BCUT2D eigenvalue weighted by atomic mass is 10.0. The summed E-state index contributed by atoms with van der Waals surface area (Å²) in [6.45, 7) is 1.88. The highest BCUT2D eigenvalue weighted by atomic mass is 32.2. The molecule has 5 aromatic rings. The third-order valence-electron chi connectivity index (χ3n) is 5.53. The number of aromatic nitrogens is 3. The van der Waals surface area contributed by atoms with Crippen molar-refractivity contribution in [2.45, 2.75) is 12.1 Å². The van der Waals surface area contributed by atoms with Gasteiger partial charge < -0.3 is 0 Å². The van der Waals surface area contributed by atoms with E-state index in [9.17, 15) is 4.79 Å². The summed E-state index contributed by atoms with van der Waals surface area (Å²) < 4.78 is 1.97. The van der Waals surface area contributed by atoms with Crippen LogP contribution in [0.3, 0.4) is 0 Å². The smallest absolute Gasteiger partial charge is 0.250 e. The van der Waals surface area contributed by atoms with Gasteiger partial charge in [-0.1, -0.05) is 96.7 Å². The van der Waals surface area contributed by atoms with Crippen molar-refractivity contribution in [2.75, 3.05) is 5.75 Å². The molecule has 0 aliphatic heterocycles. The molecule has 0 spiro atoms. The Morgan fingerprint density at radius 2 is 1.54 bits per heavy atom. The Morgan fingerprint density at radius 1 is 0.857 bits per heavy atom. The van der Waals surface area contributed by atoms with Crippen molar-refractivity contribution < 1.29 is 4.79 Å². The normalized spacial score (nSPS) is 11.5.